The first kappa shape index (κ1) is 116. The number of likely N-dealkylation sites (N-methyl/N-ethyl adjacent to an activating group) is 2. The third kappa shape index (κ3) is 46.0. The quantitative estimate of drug-likeness (QED) is 0.233. The average Bonchev–Trinajstić information content (AvgIpc) is 0.745. The van der Waals surface area contributed by atoms with Crippen molar-refractivity contribution < 1.29 is 45.8 Å². The van der Waals surface area contributed by atoms with E-state index in [-0.39, 0.29) is 45.4 Å². The Morgan fingerprint density at radius 1 is 0.377 bits per heavy atom. The standard InChI is InChI=1S/C10H19NO2.C9H20N2O2S.C9H18N2O.C9H20N2.C9H17NO.C9H19N.C8H16N2O.C8H18N2.C8H17NO2S.C8H17NO.C7H15N/c1-10(2,3)11-6-4-8(5-7-11)9(12)13;1-9(2,3)10-5-7-11(8-6-10)14(4,12)13;1-9(2,3)11-6-5-10(4)8(12)7-11;1-9(2,3)11-7-5-10(4)6-8-11;1-8(2,3)10-4-9(5-10)6-11-7-9;1-9(2,3)10-7-5-4-6-8-10;1-8(2,3)10-5-4-9-7(11)6-10;1-8(2,3)10-6-4-9-5-7-10;1-8(2,3)9-4-6-12(10,11)7-5-9;1-8(2,3)9-4-6-10-7-5-9;1-7(2,3)8-5-4-6-8/h8H,4-7H2,1-3H3,(H,12,13);5-8H2,1-4H3;5-7H2,1-4H3;5-8H2,1-4H3;4-7H2,1-3H3;4-8H2,1-3H3;4-6H2,1-3H3,(H,9,11);9H,4-7H2,1-3H3;4-7H2,1-3H3;4-7H2,1-3H3;4-6H2,1-3H3. The van der Waals surface area contributed by atoms with Gasteiger partial charge in [0.15, 0.2) is 9.84 Å². The molecular weight excluding hydrogens is 1580 g/mol. The molecule has 12 rings (SSSR count). The second kappa shape index (κ2) is 49.8. The number of amides is 2. The number of piperazine rings is 5. The van der Waals surface area contributed by atoms with Crippen molar-refractivity contribution in [2.75, 3.05) is 255 Å². The Bertz CT molecular complexity index is 3080. The van der Waals surface area contributed by atoms with Gasteiger partial charge in [-0.15, -0.1) is 0 Å². The zero-order chi connectivity index (χ0) is 93.9. The molecule has 0 bridgehead atoms. The van der Waals surface area contributed by atoms with E-state index in [2.05, 4.69) is 305 Å². The van der Waals surface area contributed by atoms with Crippen molar-refractivity contribution in [3.63, 3.8) is 0 Å². The summed E-state index contributed by atoms with van der Waals surface area (Å²) in [5.41, 5.74) is 3.50. The lowest BCUT2D eigenvalue weighted by Gasteiger charge is -2.59. The van der Waals surface area contributed by atoms with Gasteiger partial charge in [0.1, 0.15) is 0 Å². The van der Waals surface area contributed by atoms with Crippen LogP contribution in [0.25, 0.3) is 0 Å². The first-order chi connectivity index (χ1) is 55.3. The predicted octanol–water partition coefficient (Wildman–Crippen LogP) is 11.0. The number of morpholine rings is 1. The van der Waals surface area contributed by atoms with E-state index in [1.807, 2.05) is 7.05 Å². The van der Waals surface area contributed by atoms with Crippen LogP contribution in [0.1, 0.15) is 267 Å². The Balaban J connectivity index is 0.000000456. The summed E-state index contributed by atoms with van der Waals surface area (Å²) in [7, 11) is -1.65. The van der Waals surface area contributed by atoms with Crippen molar-refractivity contribution in [3.05, 3.63) is 0 Å². The first-order valence-electron chi connectivity index (χ1n) is 47.0. The molecule has 28 heteroatoms. The van der Waals surface area contributed by atoms with Crippen LogP contribution < -0.4 is 10.6 Å². The van der Waals surface area contributed by atoms with Crippen LogP contribution in [0.4, 0.5) is 0 Å². The molecule has 12 aliphatic rings. The number of carbonyl (C=O) groups excluding carboxylic acids is 2. The van der Waals surface area contributed by atoms with E-state index in [0.29, 0.717) is 89.4 Å². The molecule has 122 heavy (non-hydrogen) atoms. The molecule has 12 fully saturated rings. The summed E-state index contributed by atoms with van der Waals surface area (Å²) in [5, 5.41) is 15.0. The van der Waals surface area contributed by atoms with Crippen LogP contribution >= 0.6 is 0 Å². The third-order valence-electron chi connectivity index (χ3n) is 25.5. The van der Waals surface area contributed by atoms with Crippen molar-refractivity contribution in [3.8, 4) is 0 Å². The van der Waals surface area contributed by atoms with Gasteiger partial charge in [0.25, 0.3) is 0 Å². The molecule has 12 heterocycles. The van der Waals surface area contributed by atoms with Gasteiger partial charge in [-0.3, -0.25) is 68.3 Å². The van der Waals surface area contributed by atoms with Crippen LogP contribution in [0.5, 0.6) is 0 Å². The monoisotopic (exact) mass is 1770 g/mol. The number of hydrogen-bond acceptors (Lipinski definition) is 22. The Labute approximate surface area is 751 Å². The van der Waals surface area contributed by atoms with E-state index in [1.54, 1.807) is 9.21 Å². The summed E-state index contributed by atoms with van der Waals surface area (Å²) in [6.07, 6.45) is 8.51. The fraction of sp³-hybridized carbons (Fsp3) is 0.968. The average molecular weight is 1770 g/mol. The topological polar surface area (TPSA) is 228 Å². The lowest BCUT2D eigenvalue weighted by Crippen LogP contribution is -2.69. The van der Waals surface area contributed by atoms with Gasteiger partial charge in [0.2, 0.25) is 21.8 Å². The Hall–Kier alpha value is -2.33. The molecule has 2 amide bonds. The molecule has 0 unspecified atom stereocenters. The highest BCUT2D eigenvalue weighted by Gasteiger charge is 2.51. The minimum absolute atomic E-state index is 0.107. The first-order valence-corrected chi connectivity index (χ1v) is 50.6. The summed E-state index contributed by atoms with van der Waals surface area (Å²) < 4.78 is 56.7. The van der Waals surface area contributed by atoms with Gasteiger partial charge in [-0.1, -0.05) is 6.42 Å². The highest BCUT2D eigenvalue weighted by Crippen LogP contribution is 2.41. The minimum Gasteiger partial charge on any atom is -0.481 e. The van der Waals surface area contributed by atoms with Gasteiger partial charge in [-0.2, -0.15) is 4.31 Å². The van der Waals surface area contributed by atoms with Crippen molar-refractivity contribution in [1.29, 1.82) is 0 Å². The van der Waals surface area contributed by atoms with Crippen LogP contribution in [0.15, 0.2) is 0 Å². The smallest absolute Gasteiger partial charge is 0.306 e. The maximum atomic E-state index is 11.3. The number of likely N-dealkylation sites (tertiary alicyclic amines) is 4. The molecule has 0 aromatic rings. The lowest BCUT2D eigenvalue weighted by molar-refractivity contribution is -0.207. The molecule has 0 aliphatic carbocycles. The maximum absolute atomic E-state index is 11.3. The molecule has 0 saturated carbocycles. The number of nitrogens with zero attached hydrogens (tertiary/aromatic N) is 14. The molecule has 724 valence electrons. The van der Waals surface area contributed by atoms with Gasteiger partial charge in [-0.25, -0.2) is 16.8 Å². The lowest BCUT2D eigenvalue weighted by atomic mass is 9.75. The minimum atomic E-state index is -2.99. The summed E-state index contributed by atoms with van der Waals surface area (Å²) in [6, 6.07) is 0. The molecule has 0 aromatic heterocycles. The SMILES string of the molecule is CC(C)(C)N1CC2(COC2)C1.CC(C)(C)N1CCC(C(=O)O)CC1.CC(C)(C)N1CCC1.CC(C)(C)N1CCCCC1.CC(C)(C)N1CCN(S(C)(=O)=O)CC1.CC(C)(C)N1CCNC(=O)C1.CC(C)(C)N1CCNCC1.CC(C)(C)N1CCOCC1.CC(C)(C)N1CCS(=O)(=O)CC1.CN1CCN(C(C)(C)C)CC1.CN1CCN(C(C)(C)C)CC1=O. The van der Waals surface area contributed by atoms with Crippen molar-refractivity contribution in [2.45, 2.75) is 328 Å². The van der Waals surface area contributed by atoms with Crippen molar-refractivity contribution in [2.24, 2.45) is 11.3 Å². The molecule has 1 spiro atoms. The Kier molecular flexibility index (Phi) is 47.2. The third-order valence-corrected chi connectivity index (χ3v) is 28.5. The molecule has 26 nitrogen and oxygen atoms in total. The van der Waals surface area contributed by atoms with E-state index < -0.39 is 25.8 Å². The van der Waals surface area contributed by atoms with E-state index in [0.717, 1.165) is 118 Å². The highest BCUT2D eigenvalue weighted by atomic mass is 32.2. The van der Waals surface area contributed by atoms with Crippen LogP contribution in [-0.4, -0.2) is 423 Å². The molecule has 12 aliphatic heterocycles. The number of sulfonamides is 1. The molecular formula is C94H196N16O10S2. The van der Waals surface area contributed by atoms with E-state index in [1.165, 1.54) is 110 Å². The number of carboxylic acids is 1. The number of aliphatic carboxylic acids is 1. The molecule has 0 atom stereocenters. The Morgan fingerprint density at radius 3 is 0.992 bits per heavy atom. The number of carboxylic acid groups (broad SMARTS) is 1. The number of ether oxygens (including phenoxy) is 2. The van der Waals surface area contributed by atoms with Crippen LogP contribution in [0, 0.1) is 11.3 Å². The number of hydrogen-bond donors (Lipinski definition) is 3. The number of rotatable bonds is 2. The molecule has 0 aromatic carbocycles. The molecule has 0 radical (unpaired) electrons. The Morgan fingerprint density at radius 2 is 0.697 bits per heavy atom. The normalized spacial score (nSPS) is 23.5. The number of piperidine rings is 2. The van der Waals surface area contributed by atoms with Gasteiger partial charge < -0.3 is 35.0 Å². The van der Waals surface area contributed by atoms with Gasteiger partial charge >= 0.3 is 5.97 Å². The predicted molar refractivity (Wildman–Crippen MR) is 514 cm³/mol. The summed E-state index contributed by atoms with van der Waals surface area (Å²) >= 11 is 0. The van der Waals surface area contributed by atoms with E-state index >= 15 is 0 Å². The highest BCUT2D eigenvalue weighted by molar-refractivity contribution is 7.91. The fourth-order valence-corrected chi connectivity index (χ4v) is 17.9. The van der Waals surface area contributed by atoms with Crippen LogP contribution in [0.3, 0.4) is 0 Å². The second-order valence-corrected chi connectivity index (χ2v) is 51.4. The zero-order valence-electron chi connectivity index (χ0n) is 86.0. The zero-order valence-corrected chi connectivity index (χ0v) is 87.6. The van der Waals surface area contributed by atoms with Crippen molar-refractivity contribution in [1.82, 2.24) is 78.6 Å². The summed E-state index contributed by atoms with van der Waals surface area (Å²) in [5.74, 6) is 0.281. The van der Waals surface area contributed by atoms with E-state index in [4.69, 9.17) is 14.6 Å². The van der Waals surface area contributed by atoms with Gasteiger partial charge in [0, 0.05) is 217 Å². The van der Waals surface area contributed by atoms with Crippen molar-refractivity contribution >= 4 is 37.6 Å². The number of carbonyl (C=O) groups is 3. The second-order valence-electron chi connectivity index (χ2n) is 47.1. The largest absolute Gasteiger partial charge is 0.481 e. The number of nitrogens with one attached hydrogen (secondary N) is 2. The molecule has 12 saturated heterocycles. The van der Waals surface area contributed by atoms with Crippen LogP contribution in [0.2, 0.25) is 0 Å². The summed E-state index contributed by atoms with van der Waals surface area (Å²) in [4.78, 5) is 63.6. The summed E-state index contributed by atoms with van der Waals surface area (Å²) in [6.45, 7) is 107. The van der Waals surface area contributed by atoms with Gasteiger partial charge in [-0.05, 0) is 307 Å². The fourth-order valence-electron chi connectivity index (χ4n) is 15.8. The maximum Gasteiger partial charge on any atom is 0.306 e. The van der Waals surface area contributed by atoms with Gasteiger partial charge in [0.05, 0.1) is 63.2 Å². The molecule has 3 N–H and O–H groups in total. The number of sulfone groups is 1. The van der Waals surface area contributed by atoms with Crippen LogP contribution in [-0.2, 0) is 43.7 Å². The van der Waals surface area contributed by atoms with E-state index in [9.17, 15) is 31.2 Å².